The molecule has 0 heterocycles. The van der Waals surface area contributed by atoms with Crippen molar-refractivity contribution in [2.75, 3.05) is 19.0 Å². The van der Waals surface area contributed by atoms with Crippen LogP contribution in [0.1, 0.15) is 17.2 Å². The molecule has 2 aromatic carbocycles. The molecule has 19 heavy (non-hydrogen) atoms. The van der Waals surface area contributed by atoms with E-state index in [0.29, 0.717) is 11.1 Å². The monoisotopic (exact) mass is 263 g/mol. The van der Waals surface area contributed by atoms with Crippen LogP contribution in [-0.2, 0) is 0 Å². The van der Waals surface area contributed by atoms with E-state index in [-0.39, 0.29) is 0 Å². The molecule has 0 fully saturated rings. The second-order valence-corrected chi connectivity index (χ2v) is 4.56. The fraction of sp³-hybridized carbons (Fsp3) is 0.200. The van der Waals surface area contributed by atoms with E-state index in [1.807, 2.05) is 31.1 Å². The number of rotatable bonds is 3. The second kappa shape index (κ2) is 5.36. The minimum atomic E-state index is -0.966. The summed E-state index contributed by atoms with van der Waals surface area (Å²) >= 11 is 0. The maximum Gasteiger partial charge on any atom is 0.159 e. The largest absolute Gasteiger partial charge is 0.384 e. The molecule has 4 heteroatoms. The van der Waals surface area contributed by atoms with Crippen LogP contribution in [0.2, 0.25) is 0 Å². The van der Waals surface area contributed by atoms with Crippen LogP contribution in [0.15, 0.2) is 42.5 Å². The topological polar surface area (TPSA) is 23.5 Å². The van der Waals surface area contributed by atoms with Gasteiger partial charge in [-0.3, -0.25) is 0 Å². The van der Waals surface area contributed by atoms with Gasteiger partial charge < -0.3 is 10.0 Å². The van der Waals surface area contributed by atoms with Gasteiger partial charge in [-0.2, -0.15) is 0 Å². The normalized spacial score (nSPS) is 12.3. The van der Waals surface area contributed by atoms with E-state index in [0.717, 1.165) is 17.8 Å². The molecule has 0 saturated heterocycles. The van der Waals surface area contributed by atoms with Gasteiger partial charge in [0, 0.05) is 19.8 Å². The molecule has 0 aliphatic carbocycles. The Morgan fingerprint density at radius 1 is 0.895 bits per heavy atom. The molecule has 0 bridgehead atoms. The number of hydrogen-bond acceptors (Lipinski definition) is 2. The lowest BCUT2D eigenvalue weighted by atomic mass is 10.0. The predicted octanol–water partition coefficient (Wildman–Crippen LogP) is 3.11. The van der Waals surface area contributed by atoms with Gasteiger partial charge in [-0.15, -0.1) is 0 Å². The smallest absolute Gasteiger partial charge is 0.159 e. The second-order valence-electron chi connectivity index (χ2n) is 4.56. The SMILES string of the molecule is CN(C)c1ccc(C(O)c2ccc(F)c(F)c2)cc1. The van der Waals surface area contributed by atoms with Gasteiger partial charge in [-0.05, 0) is 35.4 Å². The molecule has 0 saturated carbocycles. The molecule has 0 aliphatic rings. The summed E-state index contributed by atoms with van der Waals surface area (Å²) < 4.78 is 26.0. The fourth-order valence-corrected chi connectivity index (χ4v) is 1.83. The van der Waals surface area contributed by atoms with E-state index in [9.17, 15) is 13.9 Å². The summed E-state index contributed by atoms with van der Waals surface area (Å²) in [5, 5.41) is 10.1. The van der Waals surface area contributed by atoms with Crippen molar-refractivity contribution in [2.24, 2.45) is 0 Å². The summed E-state index contributed by atoms with van der Waals surface area (Å²) in [5.74, 6) is -1.87. The van der Waals surface area contributed by atoms with Crippen LogP contribution >= 0.6 is 0 Å². The van der Waals surface area contributed by atoms with Crippen LogP contribution in [0.3, 0.4) is 0 Å². The molecular formula is C15H15F2NO. The Balaban J connectivity index is 2.27. The third-order valence-electron chi connectivity index (χ3n) is 2.98. The Morgan fingerprint density at radius 3 is 2.00 bits per heavy atom. The summed E-state index contributed by atoms with van der Waals surface area (Å²) in [4.78, 5) is 1.94. The van der Waals surface area contributed by atoms with E-state index in [4.69, 9.17) is 0 Å². The third kappa shape index (κ3) is 2.90. The quantitative estimate of drug-likeness (QED) is 0.919. The van der Waals surface area contributed by atoms with Crippen LogP contribution < -0.4 is 4.90 Å². The van der Waals surface area contributed by atoms with Gasteiger partial charge in [0.15, 0.2) is 11.6 Å². The first-order valence-corrected chi connectivity index (χ1v) is 5.89. The van der Waals surface area contributed by atoms with Crippen LogP contribution in [-0.4, -0.2) is 19.2 Å². The highest BCUT2D eigenvalue weighted by molar-refractivity contribution is 5.47. The molecule has 1 N–H and O–H groups in total. The van der Waals surface area contributed by atoms with Crippen molar-refractivity contribution in [3.05, 3.63) is 65.2 Å². The van der Waals surface area contributed by atoms with Crippen LogP contribution in [0.25, 0.3) is 0 Å². The van der Waals surface area contributed by atoms with E-state index < -0.39 is 17.7 Å². The van der Waals surface area contributed by atoms with Crippen molar-refractivity contribution in [1.82, 2.24) is 0 Å². The molecule has 0 aromatic heterocycles. The minimum absolute atomic E-state index is 0.330. The van der Waals surface area contributed by atoms with Gasteiger partial charge in [0.2, 0.25) is 0 Å². The molecule has 1 atom stereocenters. The first-order chi connectivity index (χ1) is 8.99. The van der Waals surface area contributed by atoms with Gasteiger partial charge in [-0.1, -0.05) is 18.2 Å². The Hall–Kier alpha value is -1.94. The lowest BCUT2D eigenvalue weighted by molar-refractivity contribution is 0.219. The highest BCUT2D eigenvalue weighted by atomic mass is 19.2. The predicted molar refractivity (Wildman–Crippen MR) is 71.2 cm³/mol. The maximum atomic E-state index is 13.1. The first kappa shape index (κ1) is 13.5. The molecule has 0 spiro atoms. The summed E-state index contributed by atoms with van der Waals surface area (Å²) in [7, 11) is 3.83. The third-order valence-corrected chi connectivity index (χ3v) is 2.98. The zero-order valence-electron chi connectivity index (χ0n) is 10.8. The van der Waals surface area contributed by atoms with Crippen LogP contribution in [0.5, 0.6) is 0 Å². The Bertz CT molecular complexity index is 567. The van der Waals surface area contributed by atoms with Crippen molar-refractivity contribution >= 4 is 5.69 Å². The molecular weight excluding hydrogens is 248 g/mol. The molecule has 0 amide bonds. The lowest BCUT2D eigenvalue weighted by Crippen LogP contribution is -2.08. The van der Waals surface area contributed by atoms with E-state index >= 15 is 0 Å². The molecule has 100 valence electrons. The van der Waals surface area contributed by atoms with Crippen molar-refractivity contribution in [1.29, 1.82) is 0 Å². The summed E-state index contributed by atoms with van der Waals surface area (Å²) in [6.45, 7) is 0. The summed E-state index contributed by atoms with van der Waals surface area (Å²) in [6.07, 6.45) is -0.966. The highest BCUT2D eigenvalue weighted by Crippen LogP contribution is 2.25. The molecule has 1 unspecified atom stereocenters. The van der Waals surface area contributed by atoms with E-state index in [1.54, 1.807) is 12.1 Å². The Kier molecular flexibility index (Phi) is 3.81. The average Bonchev–Trinajstić information content (AvgIpc) is 2.41. The molecule has 0 aliphatic heterocycles. The van der Waals surface area contributed by atoms with Crippen molar-refractivity contribution in [2.45, 2.75) is 6.10 Å². The molecule has 2 rings (SSSR count). The fourth-order valence-electron chi connectivity index (χ4n) is 1.83. The Labute approximate surface area is 110 Å². The number of hydrogen-bond donors (Lipinski definition) is 1. The van der Waals surface area contributed by atoms with Crippen molar-refractivity contribution < 1.29 is 13.9 Å². The van der Waals surface area contributed by atoms with Gasteiger partial charge >= 0.3 is 0 Å². The highest BCUT2D eigenvalue weighted by Gasteiger charge is 2.13. The zero-order chi connectivity index (χ0) is 14.0. The number of aliphatic hydroxyl groups excluding tert-OH is 1. The lowest BCUT2D eigenvalue weighted by Gasteiger charge is -2.15. The van der Waals surface area contributed by atoms with Gasteiger partial charge in [-0.25, -0.2) is 8.78 Å². The summed E-state index contributed by atoms with van der Waals surface area (Å²) in [6, 6.07) is 10.7. The number of halogens is 2. The van der Waals surface area contributed by atoms with Crippen molar-refractivity contribution in [3.8, 4) is 0 Å². The molecule has 2 aromatic rings. The number of anilines is 1. The number of aliphatic hydroxyl groups is 1. The number of nitrogens with zero attached hydrogens (tertiary/aromatic N) is 1. The standard InChI is InChI=1S/C15H15F2NO/c1-18(2)12-6-3-10(4-7-12)15(19)11-5-8-13(16)14(17)9-11/h3-9,15,19H,1-2H3. The van der Waals surface area contributed by atoms with Gasteiger partial charge in [0.25, 0.3) is 0 Å². The first-order valence-electron chi connectivity index (χ1n) is 5.89. The summed E-state index contributed by atoms with van der Waals surface area (Å²) in [5.41, 5.74) is 1.97. The van der Waals surface area contributed by atoms with Crippen LogP contribution in [0, 0.1) is 11.6 Å². The molecule has 2 nitrogen and oxygen atoms in total. The number of benzene rings is 2. The van der Waals surface area contributed by atoms with Crippen LogP contribution in [0.4, 0.5) is 14.5 Å². The zero-order valence-corrected chi connectivity index (χ0v) is 10.8. The molecule has 0 radical (unpaired) electrons. The Morgan fingerprint density at radius 2 is 1.47 bits per heavy atom. The van der Waals surface area contributed by atoms with Gasteiger partial charge in [0.05, 0.1) is 0 Å². The maximum absolute atomic E-state index is 13.1. The van der Waals surface area contributed by atoms with E-state index in [2.05, 4.69) is 0 Å². The van der Waals surface area contributed by atoms with E-state index in [1.165, 1.54) is 6.07 Å². The van der Waals surface area contributed by atoms with Gasteiger partial charge in [0.1, 0.15) is 6.10 Å². The average molecular weight is 263 g/mol. The van der Waals surface area contributed by atoms with Crippen molar-refractivity contribution in [3.63, 3.8) is 0 Å². The minimum Gasteiger partial charge on any atom is -0.384 e.